The number of hydrogen-bond donors (Lipinski definition) is 1. The Morgan fingerprint density at radius 1 is 1.25 bits per heavy atom. The van der Waals surface area contributed by atoms with Gasteiger partial charge in [0.2, 0.25) is 5.91 Å². The second-order valence-corrected chi connectivity index (χ2v) is 6.62. The van der Waals surface area contributed by atoms with E-state index in [1.165, 1.54) is 23.0 Å². The van der Waals surface area contributed by atoms with E-state index in [0.717, 1.165) is 12.8 Å². The van der Waals surface area contributed by atoms with Crippen molar-refractivity contribution in [1.29, 1.82) is 0 Å². The predicted octanol–water partition coefficient (Wildman–Crippen LogP) is 3.29. The molecule has 0 radical (unpaired) electrons. The number of anilines is 2. The molecule has 0 atom stereocenters. The highest BCUT2D eigenvalue weighted by molar-refractivity contribution is 6.04. The fourth-order valence-electron chi connectivity index (χ4n) is 2.99. The minimum absolute atomic E-state index is 0.0673. The van der Waals surface area contributed by atoms with Gasteiger partial charge in [0, 0.05) is 36.7 Å². The fraction of sp³-hybridized carbons (Fsp3) is 0.263. The molecule has 1 saturated carbocycles. The van der Waals surface area contributed by atoms with Gasteiger partial charge in [-0.3, -0.25) is 19.0 Å². The minimum atomic E-state index is -2.90. The van der Waals surface area contributed by atoms with Crippen LogP contribution in [0.15, 0.2) is 42.9 Å². The van der Waals surface area contributed by atoms with Crippen molar-refractivity contribution >= 4 is 28.8 Å². The SMILES string of the molecule is CN(C(=O)C1CC1)c1ccc(NC(=O)c2c(C(F)F)nc3cnccn23)cc1. The zero-order valence-corrected chi connectivity index (χ0v) is 15.0. The molecule has 0 aliphatic heterocycles. The van der Waals surface area contributed by atoms with Crippen LogP contribution in [0.2, 0.25) is 0 Å². The number of hydrogen-bond acceptors (Lipinski definition) is 4. The summed E-state index contributed by atoms with van der Waals surface area (Å²) in [6.07, 6.45) is 3.04. The fourth-order valence-corrected chi connectivity index (χ4v) is 2.99. The van der Waals surface area contributed by atoms with Gasteiger partial charge in [0.1, 0.15) is 11.4 Å². The van der Waals surface area contributed by atoms with Crippen LogP contribution in [0.25, 0.3) is 5.65 Å². The molecule has 1 aliphatic rings. The Balaban J connectivity index is 1.56. The lowest BCUT2D eigenvalue weighted by Crippen LogP contribution is -2.27. The highest BCUT2D eigenvalue weighted by atomic mass is 19.3. The van der Waals surface area contributed by atoms with Crippen LogP contribution in [0.5, 0.6) is 0 Å². The summed E-state index contributed by atoms with van der Waals surface area (Å²) in [6, 6.07) is 6.64. The number of carbonyl (C=O) groups is 2. The van der Waals surface area contributed by atoms with Gasteiger partial charge in [-0.15, -0.1) is 0 Å². The maximum absolute atomic E-state index is 13.3. The van der Waals surface area contributed by atoms with Crippen molar-refractivity contribution in [2.24, 2.45) is 5.92 Å². The number of halogens is 2. The summed E-state index contributed by atoms with van der Waals surface area (Å²) in [5.41, 5.74) is 0.446. The van der Waals surface area contributed by atoms with Gasteiger partial charge in [-0.25, -0.2) is 13.8 Å². The summed E-state index contributed by atoms with van der Waals surface area (Å²) in [6.45, 7) is 0. The summed E-state index contributed by atoms with van der Waals surface area (Å²) in [7, 11) is 1.70. The number of fused-ring (bicyclic) bond motifs is 1. The molecule has 7 nitrogen and oxygen atoms in total. The molecule has 0 saturated heterocycles. The first kappa shape index (κ1) is 18.0. The first-order valence-electron chi connectivity index (χ1n) is 8.75. The lowest BCUT2D eigenvalue weighted by molar-refractivity contribution is -0.119. The molecule has 2 heterocycles. The molecule has 1 aliphatic carbocycles. The van der Waals surface area contributed by atoms with Crippen molar-refractivity contribution < 1.29 is 18.4 Å². The van der Waals surface area contributed by atoms with Crippen LogP contribution in [0.4, 0.5) is 20.2 Å². The zero-order valence-electron chi connectivity index (χ0n) is 15.0. The molecule has 144 valence electrons. The van der Waals surface area contributed by atoms with E-state index >= 15 is 0 Å². The summed E-state index contributed by atoms with van der Waals surface area (Å²) >= 11 is 0. The third-order valence-electron chi connectivity index (χ3n) is 4.65. The molecule has 9 heteroatoms. The number of rotatable bonds is 5. The van der Waals surface area contributed by atoms with E-state index in [4.69, 9.17) is 0 Å². The number of imidazole rings is 1. The summed E-state index contributed by atoms with van der Waals surface area (Å²) in [4.78, 5) is 34.0. The Labute approximate surface area is 159 Å². The van der Waals surface area contributed by atoms with Crippen molar-refractivity contribution in [3.8, 4) is 0 Å². The zero-order chi connectivity index (χ0) is 19.8. The van der Waals surface area contributed by atoms with Crippen molar-refractivity contribution in [2.75, 3.05) is 17.3 Å². The lowest BCUT2D eigenvalue weighted by Gasteiger charge is -2.17. The van der Waals surface area contributed by atoms with Gasteiger partial charge in [-0.2, -0.15) is 0 Å². The number of nitrogens with zero attached hydrogens (tertiary/aromatic N) is 4. The molecule has 0 bridgehead atoms. The number of alkyl halides is 2. The third-order valence-corrected chi connectivity index (χ3v) is 4.65. The Bertz CT molecular complexity index is 1040. The monoisotopic (exact) mass is 385 g/mol. The maximum atomic E-state index is 13.3. The van der Waals surface area contributed by atoms with Gasteiger partial charge in [-0.1, -0.05) is 0 Å². The van der Waals surface area contributed by atoms with E-state index in [9.17, 15) is 18.4 Å². The third kappa shape index (κ3) is 3.30. The Morgan fingerprint density at radius 2 is 1.96 bits per heavy atom. The molecule has 0 spiro atoms. The Hall–Kier alpha value is -3.36. The van der Waals surface area contributed by atoms with E-state index in [0.29, 0.717) is 11.4 Å². The van der Waals surface area contributed by atoms with E-state index in [1.807, 2.05) is 0 Å². The standard InChI is InChI=1S/C19H17F2N5O2/c1-25(19(28)11-2-3-11)13-6-4-12(5-7-13)23-18(27)16-15(17(20)21)24-14-10-22-8-9-26(14)16/h4-11,17H,2-3H2,1H3,(H,23,27). The van der Waals surface area contributed by atoms with E-state index in [1.54, 1.807) is 36.2 Å². The molecular formula is C19H17F2N5O2. The Morgan fingerprint density at radius 3 is 2.61 bits per heavy atom. The Kier molecular flexibility index (Phi) is 4.50. The van der Waals surface area contributed by atoms with E-state index in [2.05, 4.69) is 15.3 Å². The first-order chi connectivity index (χ1) is 13.5. The molecule has 3 aromatic rings. The molecule has 1 aromatic carbocycles. The normalized spacial score (nSPS) is 13.7. The second kappa shape index (κ2) is 6.99. The predicted molar refractivity (Wildman–Crippen MR) is 98.5 cm³/mol. The number of amides is 2. The largest absolute Gasteiger partial charge is 0.321 e. The van der Waals surface area contributed by atoms with Gasteiger partial charge in [0.05, 0.1) is 6.20 Å². The minimum Gasteiger partial charge on any atom is -0.321 e. The van der Waals surface area contributed by atoms with Gasteiger partial charge in [0.25, 0.3) is 12.3 Å². The topological polar surface area (TPSA) is 79.6 Å². The van der Waals surface area contributed by atoms with Crippen LogP contribution in [0.3, 0.4) is 0 Å². The van der Waals surface area contributed by atoms with Crippen LogP contribution in [0, 0.1) is 5.92 Å². The quantitative estimate of drug-likeness (QED) is 0.731. The highest BCUT2D eigenvalue weighted by Crippen LogP contribution is 2.32. The van der Waals surface area contributed by atoms with Gasteiger partial charge in [0.15, 0.2) is 5.65 Å². The van der Waals surface area contributed by atoms with Crippen molar-refractivity contribution in [3.63, 3.8) is 0 Å². The average Bonchev–Trinajstić information content (AvgIpc) is 3.46. The van der Waals surface area contributed by atoms with Crippen LogP contribution in [0.1, 0.15) is 35.4 Å². The summed E-state index contributed by atoms with van der Waals surface area (Å²) < 4.78 is 28.0. The number of carbonyl (C=O) groups excluding carboxylic acids is 2. The number of benzene rings is 1. The molecule has 2 amide bonds. The lowest BCUT2D eigenvalue weighted by atomic mass is 10.2. The molecular weight excluding hydrogens is 368 g/mol. The number of nitrogens with one attached hydrogen (secondary N) is 1. The van der Waals surface area contributed by atoms with E-state index < -0.39 is 18.0 Å². The van der Waals surface area contributed by atoms with Crippen LogP contribution >= 0.6 is 0 Å². The maximum Gasteiger partial charge on any atom is 0.282 e. The van der Waals surface area contributed by atoms with Crippen LogP contribution in [-0.2, 0) is 4.79 Å². The summed E-state index contributed by atoms with van der Waals surface area (Å²) in [5, 5.41) is 2.61. The molecule has 1 N–H and O–H groups in total. The molecule has 0 unspecified atom stereocenters. The smallest absolute Gasteiger partial charge is 0.282 e. The molecule has 2 aromatic heterocycles. The molecule has 4 rings (SSSR count). The van der Waals surface area contributed by atoms with Crippen molar-refractivity contribution in [3.05, 3.63) is 54.2 Å². The average molecular weight is 385 g/mol. The highest BCUT2D eigenvalue weighted by Gasteiger charge is 2.32. The van der Waals surface area contributed by atoms with Crippen molar-refractivity contribution in [1.82, 2.24) is 14.4 Å². The second-order valence-electron chi connectivity index (χ2n) is 6.62. The molecule has 28 heavy (non-hydrogen) atoms. The van der Waals surface area contributed by atoms with E-state index in [-0.39, 0.29) is 23.2 Å². The summed E-state index contributed by atoms with van der Waals surface area (Å²) in [5.74, 6) is -0.538. The van der Waals surface area contributed by atoms with Crippen LogP contribution in [-0.4, -0.2) is 33.2 Å². The molecule has 1 fully saturated rings. The number of aromatic nitrogens is 3. The van der Waals surface area contributed by atoms with Crippen LogP contribution < -0.4 is 10.2 Å². The first-order valence-corrected chi connectivity index (χ1v) is 8.75. The van der Waals surface area contributed by atoms with Gasteiger partial charge < -0.3 is 10.2 Å². The van der Waals surface area contributed by atoms with Gasteiger partial charge >= 0.3 is 0 Å². The van der Waals surface area contributed by atoms with Gasteiger partial charge in [-0.05, 0) is 37.1 Å². The van der Waals surface area contributed by atoms with Crippen molar-refractivity contribution in [2.45, 2.75) is 19.3 Å².